The molecule has 0 aliphatic carbocycles. The van der Waals surface area contributed by atoms with Gasteiger partial charge < -0.3 is 10.2 Å². The van der Waals surface area contributed by atoms with E-state index in [0.717, 1.165) is 38.9 Å². The second-order valence-corrected chi connectivity index (χ2v) is 4.00. The summed E-state index contributed by atoms with van der Waals surface area (Å²) in [7, 11) is 0. The molecule has 0 bridgehead atoms. The van der Waals surface area contributed by atoms with Crippen LogP contribution in [0.4, 0.5) is 0 Å². The van der Waals surface area contributed by atoms with Gasteiger partial charge in [-0.1, -0.05) is 0 Å². The molecule has 0 spiro atoms. The van der Waals surface area contributed by atoms with Gasteiger partial charge >= 0.3 is 0 Å². The summed E-state index contributed by atoms with van der Waals surface area (Å²) in [4.78, 5) is 0. The lowest BCUT2D eigenvalue weighted by molar-refractivity contribution is -0.0396. The van der Waals surface area contributed by atoms with Crippen molar-refractivity contribution in [3.63, 3.8) is 0 Å². The highest BCUT2D eigenvalue weighted by Crippen LogP contribution is 2.22. The van der Waals surface area contributed by atoms with E-state index in [1.54, 1.807) is 0 Å². The van der Waals surface area contributed by atoms with Crippen molar-refractivity contribution in [1.29, 1.82) is 0 Å². The zero-order chi connectivity index (χ0) is 9.26. The highest BCUT2D eigenvalue weighted by Gasteiger charge is 2.32. The van der Waals surface area contributed by atoms with Gasteiger partial charge in [-0.05, 0) is 19.3 Å². The first-order valence-electron chi connectivity index (χ1n) is 5.11. The molecule has 2 heterocycles. The van der Waals surface area contributed by atoms with Crippen LogP contribution in [0.3, 0.4) is 0 Å². The highest BCUT2D eigenvalue weighted by atomic mass is 16.3. The van der Waals surface area contributed by atoms with Crippen molar-refractivity contribution < 1.29 is 10.2 Å². The molecule has 2 atom stereocenters. The van der Waals surface area contributed by atoms with Gasteiger partial charge in [-0.15, -0.1) is 0 Å². The Kier molecular flexibility index (Phi) is 2.83. The van der Waals surface area contributed by atoms with Gasteiger partial charge in [0.2, 0.25) is 0 Å². The fourth-order valence-corrected chi connectivity index (χ4v) is 2.34. The third-order valence-electron chi connectivity index (χ3n) is 3.06. The molecule has 0 radical (unpaired) electrons. The van der Waals surface area contributed by atoms with Crippen LogP contribution < -0.4 is 0 Å². The Morgan fingerprint density at radius 2 is 2.08 bits per heavy atom. The molecular weight excluding hydrogens is 168 g/mol. The molecule has 2 rings (SSSR count). The third kappa shape index (κ3) is 1.86. The van der Waals surface area contributed by atoms with Gasteiger partial charge in [-0.25, -0.2) is 10.0 Å². The molecule has 76 valence electrons. The maximum Gasteiger partial charge on any atom is 0.0694 e. The number of hydrogen-bond acceptors (Lipinski definition) is 4. The number of hydrazine groups is 1. The lowest BCUT2D eigenvalue weighted by Crippen LogP contribution is -2.45. The molecule has 2 fully saturated rings. The number of rotatable bonds is 2. The fourth-order valence-electron chi connectivity index (χ4n) is 2.34. The minimum atomic E-state index is -0.167. The van der Waals surface area contributed by atoms with Crippen molar-refractivity contribution in [2.45, 2.75) is 31.4 Å². The predicted molar refractivity (Wildman–Crippen MR) is 49.0 cm³/mol. The van der Waals surface area contributed by atoms with Crippen LogP contribution in [-0.4, -0.2) is 58.6 Å². The van der Waals surface area contributed by atoms with E-state index >= 15 is 0 Å². The summed E-state index contributed by atoms with van der Waals surface area (Å²) in [6, 6.07) is 0.297. The Hall–Kier alpha value is -0.160. The van der Waals surface area contributed by atoms with Crippen LogP contribution in [-0.2, 0) is 0 Å². The summed E-state index contributed by atoms with van der Waals surface area (Å²) < 4.78 is 0. The maximum atomic E-state index is 9.39. The van der Waals surface area contributed by atoms with E-state index in [0.29, 0.717) is 6.04 Å². The van der Waals surface area contributed by atoms with E-state index in [9.17, 15) is 5.11 Å². The molecule has 0 amide bonds. The number of β-amino-alcohol motifs (C(OH)–C–C–N with tert-alkyl or cyclic N) is 1. The first kappa shape index (κ1) is 9.40. The summed E-state index contributed by atoms with van der Waals surface area (Å²) >= 11 is 0. The van der Waals surface area contributed by atoms with Crippen LogP contribution in [0.15, 0.2) is 0 Å². The van der Waals surface area contributed by atoms with Crippen molar-refractivity contribution in [2.75, 3.05) is 26.2 Å². The molecule has 13 heavy (non-hydrogen) atoms. The van der Waals surface area contributed by atoms with Crippen LogP contribution in [0.5, 0.6) is 0 Å². The zero-order valence-electron chi connectivity index (χ0n) is 7.89. The van der Waals surface area contributed by atoms with Crippen molar-refractivity contribution in [3.8, 4) is 0 Å². The van der Waals surface area contributed by atoms with E-state index < -0.39 is 0 Å². The Labute approximate surface area is 78.7 Å². The van der Waals surface area contributed by atoms with Gasteiger partial charge in [0.15, 0.2) is 0 Å². The summed E-state index contributed by atoms with van der Waals surface area (Å²) in [5.74, 6) is 0. The Bertz CT molecular complexity index is 177. The number of nitrogens with zero attached hydrogens (tertiary/aromatic N) is 2. The molecular formula is C9H18N2O2. The highest BCUT2D eigenvalue weighted by molar-refractivity contribution is 4.81. The molecule has 0 saturated carbocycles. The van der Waals surface area contributed by atoms with Crippen molar-refractivity contribution >= 4 is 0 Å². The standard InChI is InChI=1S/C9H18N2O2/c12-7-8-2-1-4-11(8)10-5-3-9(13)6-10/h8-9,12-13H,1-7H2. The van der Waals surface area contributed by atoms with Gasteiger partial charge in [0.25, 0.3) is 0 Å². The van der Waals surface area contributed by atoms with E-state index in [2.05, 4.69) is 10.0 Å². The quantitative estimate of drug-likeness (QED) is 0.606. The smallest absolute Gasteiger partial charge is 0.0694 e. The van der Waals surface area contributed by atoms with Crippen LogP contribution in [0.2, 0.25) is 0 Å². The molecule has 4 heteroatoms. The Morgan fingerprint density at radius 1 is 1.23 bits per heavy atom. The monoisotopic (exact) mass is 186 g/mol. The average Bonchev–Trinajstić information content (AvgIpc) is 2.71. The Balaban J connectivity index is 1.92. The van der Waals surface area contributed by atoms with Gasteiger partial charge in [0.05, 0.1) is 12.7 Å². The maximum absolute atomic E-state index is 9.39. The molecule has 2 unspecified atom stereocenters. The SMILES string of the molecule is OCC1CCCN1N1CCC(O)C1. The molecule has 0 aromatic carbocycles. The molecule has 2 N–H and O–H groups in total. The molecule has 2 aliphatic rings. The third-order valence-corrected chi connectivity index (χ3v) is 3.06. The lowest BCUT2D eigenvalue weighted by atomic mass is 10.2. The van der Waals surface area contributed by atoms with Crippen LogP contribution in [0.1, 0.15) is 19.3 Å². The van der Waals surface area contributed by atoms with Crippen molar-refractivity contribution in [1.82, 2.24) is 10.0 Å². The second kappa shape index (κ2) is 3.92. The zero-order valence-corrected chi connectivity index (χ0v) is 7.89. The predicted octanol–water partition coefficient (Wildman–Crippen LogP) is -0.575. The van der Waals surface area contributed by atoms with Crippen LogP contribution in [0, 0.1) is 0 Å². The molecule has 2 aliphatic heterocycles. The summed E-state index contributed by atoms with van der Waals surface area (Å²) in [6.45, 7) is 2.97. The minimum Gasteiger partial charge on any atom is -0.395 e. The van der Waals surface area contributed by atoms with Gasteiger partial charge in [0.1, 0.15) is 0 Å². The molecule has 0 aromatic rings. The first-order chi connectivity index (χ1) is 6.31. The second-order valence-electron chi connectivity index (χ2n) is 4.00. The number of aliphatic hydroxyl groups excluding tert-OH is 2. The average molecular weight is 186 g/mol. The molecule has 0 aromatic heterocycles. The summed E-state index contributed by atoms with van der Waals surface area (Å²) in [5, 5.41) is 22.9. The summed E-state index contributed by atoms with van der Waals surface area (Å²) in [6.07, 6.45) is 2.95. The van der Waals surface area contributed by atoms with Crippen molar-refractivity contribution in [2.24, 2.45) is 0 Å². The topological polar surface area (TPSA) is 46.9 Å². The van der Waals surface area contributed by atoms with Gasteiger partial charge in [-0.2, -0.15) is 0 Å². The van der Waals surface area contributed by atoms with E-state index in [1.165, 1.54) is 0 Å². The Morgan fingerprint density at radius 3 is 2.69 bits per heavy atom. The lowest BCUT2D eigenvalue weighted by Gasteiger charge is -2.32. The normalized spacial score (nSPS) is 37.4. The van der Waals surface area contributed by atoms with Crippen molar-refractivity contribution in [3.05, 3.63) is 0 Å². The first-order valence-corrected chi connectivity index (χ1v) is 5.11. The molecule has 2 saturated heterocycles. The fraction of sp³-hybridized carbons (Fsp3) is 1.00. The number of aliphatic hydroxyl groups is 2. The summed E-state index contributed by atoms with van der Waals surface area (Å²) in [5.41, 5.74) is 0. The van der Waals surface area contributed by atoms with Gasteiger partial charge in [0, 0.05) is 25.7 Å². The minimum absolute atomic E-state index is 0.167. The number of hydrogen-bond donors (Lipinski definition) is 2. The van der Waals surface area contributed by atoms with Crippen LogP contribution >= 0.6 is 0 Å². The molecule has 4 nitrogen and oxygen atoms in total. The van der Waals surface area contributed by atoms with E-state index in [1.807, 2.05) is 0 Å². The van der Waals surface area contributed by atoms with E-state index in [4.69, 9.17) is 5.11 Å². The largest absolute Gasteiger partial charge is 0.395 e. The van der Waals surface area contributed by atoms with Gasteiger partial charge in [-0.3, -0.25) is 0 Å². The van der Waals surface area contributed by atoms with E-state index in [-0.39, 0.29) is 12.7 Å². The van der Waals surface area contributed by atoms with Crippen LogP contribution in [0.25, 0.3) is 0 Å².